The lowest BCUT2D eigenvalue weighted by molar-refractivity contribution is 0.474. The second kappa shape index (κ2) is 9.69. The highest BCUT2D eigenvalue weighted by atomic mass is 19.1. The van der Waals surface area contributed by atoms with Crippen LogP contribution in [0.2, 0.25) is 0 Å². The Hall–Kier alpha value is -3.15. The smallest absolute Gasteiger partial charge is 0.194 e. The fourth-order valence-electron chi connectivity index (χ4n) is 3.02. The maximum atomic E-state index is 13.4. The van der Waals surface area contributed by atoms with Crippen LogP contribution in [0.4, 0.5) is 4.39 Å². The molecule has 0 bridgehead atoms. The summed E-state index contributed by atoms with van der Waals surface area (Å²) in [5.74, 6) is 1.44. The van der Waals surface area contributed by atoms with Gasteiger partial charge < -0.3 is 14.8 Å². The third-order valence-corrected chi connectivity index (χ3v) is 4.37. The van der Waals surface area contributed by atoms with Gasteiger partial charge in [0.15, 0.2) is 5.96 Å². The monoisotopic (exact) mass is 379 g/mol. The van der Waals surface area contributed by atoms with E-state index in [1.165, 1.54) is 11.6 Å². The van der Waals surface area contributed by atoms with Crippen molar-refractivity contribution < 1.29 is 4.39 Å². The minimum absolute atomic E-state index is 0.226. The van der Waals surface area contributed by atoms with Gasteiger partial charge in [-0.25, -0.2) is 14.4 Å². The van der Waals surface area contributed by atoms with Crippen molar-refractivity contribution in [2.75, 3.05) is 13.6 Å². The summed E-state index contributed by atoms with van der Waals surface area (Å²) in [5.41, 5.74) is 2.12. The van der Waals surface area contributed by atoms with Gasteiger partial charge in [-0.1, -0.05) is 42.5 Å². The van der Waals surface area contributed by atoms with Gasteiger partial charge in [-0.2, -0.15) is 0 Å². The van der Waals surface area contributed by atoms with Gasteiger partial charge in [0.25, 0.3) is 0 Å². The van der Waals surface area contributed by atoms with E-state index in [4.69, 9.17) is 4.99 Å². The molecule has 2 aromatic carbocycles. The minimum Gasteiger partial charge on any atom is -0.357 e. The first-order valence-corrected chi connectivity index (χ1v) is 9.43. The molecule has 1 aromatic heterocycles. The number of aromatic nitrogens is 2. The van der Waals surface area contributed by atoms with Crippen LogP contribution in [-0.2, 0) is 19.6 Å². The summed E-state index contributed by atoms with van der Waals surface area (Å²) >= 11 is 0. The van der Waals surface area contributed by atoms with E-state index in [0.29, 0.717) is 13.1 Å². The van der Waals surface area contributed by atoms with Crippen LogP contribution in [0.1, 0.15) is 23.9 Å². The first kappa shape index (κ1) is 19.6. The van der Waals surface area contributed by atoms with Crippen molar-refractivity contribution in [3.8, 4) is 0 Å². The molecule has 3 rings (SSSR count). The van der Waals surface area contributed by atoms with E-state index in [2.05, 4.69) is 27.0 Å². The van der Waals surface area contributed by atoms with Crippen LogP contribution in [0, 0.1) is 5.82 Å². The normalized spacial score (nSPS) is 11.5. The number of hydrogen-bond donors (Lipinski definition) is 1. The van der Waals surface area contributed by atoms with Crippen LogP contribution < -0.4 is 5.32 Å². The molecule has 0 saturated heterocycles. The van der Waals surface area contributed by atoms with Gasteiger partial charge >= 0.3 is 0 Å². The first-order valence-electron chi connectivity index (χ1n) is 9.43. The molecule has 0 fully saturated rings. The number of halogens is 1. The molecule has 0 spiro atoms. The van der Waals surface area contributed by atoms with Crippen LogP contribution >= 0.6 is 0 Å². The first-order chi connectivity index (χ1) is 13.7. The summed E-state index contributed by atoms with van der Waals surface area (Å²) in [7, 11) is 1.95. The van der Waals surface area contributed by atoms with E-state index in [-0.39, 0.29) is 5.82 Å². The maximum absolute atomic E-state index is 13.4. The zero-order valence-electron chi connectivity index (χ0n) is 16.3. The Balaban J connectivity index is 1.70. The van der Waals surface area contributed by atoms with Gasteiger partial charge in [-0.3, -0.25) is 0 Å². The van der Waals surface area contributed by atoms with E-state index in [1.807, 2.05) is 49.3 Å². The van der Waals surface area contributed by atoms with Gasteiger partial charge in [-0.05, 0) is 30.2 Å². The van der Waals surface area contributed by atoms with Crippen molar-refractivity contribution >= 4 is 5.96 Å². The van der Waals surface area contributed by atoms with Gasteiger partial charge in [0.2, 0.25) is 0 Å². The Morgan fingerprint density at radius 2 is 1.93 bits per heavy atom. The van der Waals surface area contributed by atoms with Crippen molar-refractivity contribution in [2.24, 2.45) is 4.99 Å². The number of aliphatic imine (C=N–C) groups is 1. The summed E-state index contributed by atoms with van der Waals surface area (Å²) in [4.78, 5) is 11.2. The van der Waals surface area contributed by atoms with E-state index >= 15 is 0 Å². The van der Waals surface area contributed by atoms with Crippen LogP contribution in [0.15, 0.2) is 72.0 Å². The molecule has 0 aliphatic carbocycles. The Bertz CT molecular complexity index is 904. The topological polar surface area (TPSA) is 45.5 Å². The van der Waals surface area contributed by atoms with Crippen molar-refractivity contribution in [1.82, 2.24) is 19.8 Å². The molecule has 1 heterocycles. The average Bonchev–Trinajstić information content (AvgIpc) is 3.13. The Kier molecular flexibility index (Phi) is 6.78. The zero-order valence-corrected chi connectivity index (χ0v) is 16.3. The Labute approximate surface area is 165 Å². The quantitative estimate of drug-likeness (QED) is 0.503. The van der Waals surface area contributed by atoms with Crippen molar-refractivity contribution in [3.05, 3.63) is 89.8 Å². The molecule has 0 saturated carbocycles. The highest BCUT2D eigenvalue weighted by Crippen LogP contribution is 2.09. The predicted molar refractivity (Wildman–Crippen MR) is 110 cm³/mol. The summed E-state index contributed by atoms with van der Waals surface area (Å²) in [6.07, 6.45) is 3.78. The van der Waals surface area contributed by atoms with Gasteiger partial charge in [0.1, 0.15) is 18.2 Å². The maximum Gasteiger partial charge on any atom is 0.194 e. The van der Waals surface area contributed by atoms with Crippen LogP contribution in [0.25, 0.3) is 0 Å². The molecule has 146 valence electrons. The molecule has 3 aromatic rings. The number of hydrogen-bond acceptors (Lipinski definition) is 2. The molecule has 0 aliphatic rings. The lowest BCUT2D eigenvalue weighted by Gasteiger charge is -2.22. The molecule has 0 aliphatic heterocycles. The van der Waals surface area contributed by atoms with Crippen molar-refractivity contribution in [2.45, 2.75) is 26.6 Å². The number of nitrogens with one attached hydrogen (secondary N) is 1. The lowest BCUT2D eigenvalue weighted by Crippen LogP contribution is -2.38. The zero-order chi connectivity index (χ0) is 19.8. The molecule has 0 radical (unpaired) electrons. The minimum atomic E-state index is -0.226. The third-order valence-electron chi connectivity index (χ3n) is 4.37. The average molecular weight is 379 g/mol. The highest BCUT2D eigenvalue weighted by molar-refractivity contribution is 5.79. The Morgan fingerprint density at radius 1 is 1.14 bits per heavy atom. The molecule has 1 N–H and O–H groups in total. The lowest BCUT2D eigenvalue weighted by atomic mass is 10.2. The van der Waals surface area contributed by atoms with E-state index in [1.54, 1.807) is 18.3 Å². The van der Waals surface area contributed by atoms with E-state index in [0.717, 1.165) is 30.4 Å². The number of benzene rings is 2. The van der Waals surface area contributed by atoms with Gasteiger partial charge in [-0.15, -0.1) is 0 Å². The SMILES string of the molecule is CCNC(=NCc1nccn1Cc1ccccc1)N(C)Cc1cccc(F)c1. The molecule has 6 heteroatoms. The van der Waals surface area contributed by atoms with Crippen LogP contribution in [-0.4, -0.2) is 34.0 Å². The molecule has 0 atom stereocenters. The molecular weight excluding hydrogens is 353 g/mol. The second-order valence-corrected chi connectivity index (χ2v) is 6.61. The van der Waals surface area contributed by atoms with Crippen molar-refractivity contribution in [3.63, 3.8) is 0 Å². The fourth-order valence-corrected chi connectivity index (χ4v) is 3.02. The summed E-state index contributed by atoms with van der Waals surface area (Å²) in [6.45, 7) is 4.59. The van der Waals surface area contributed by atoms with E-state index < -0.39 is 0 Å². The molecule has 0 amide bonds. The Morgan fingerprint density at radius 3 is 2.68 bits per heavy atom. The second-order valence-electron chi connectivity index (χ2n) is 6.61. The summed E-state index contributed by atoms with van der Waals surface area (Å²) in [6, 6.07) is 16.9. The fraction of sp³-hybridized carbons (Fsp3) is 0.273. The summed E-state index contributed by atoms with van der Waals surface area (Å²) < 4.78 is 15.6. The molecule has 5 nitrogen and oxygen atoms in total. The predicted octanol–water partition coefficient (Wildman–Crippen LogP) is 3.67. The van der Waals surface area contributed by atoms with Gasteiger partial charge in [0.05, 0.1) is 0 Å². The molecule has 28 heavy (non-hydrogen) atoms. The van der Waals surface area contributed by atoms with Crippen molar-refractivity contribution in [1.29, 1.82) is 0 Å². The van der Waals surface area contributed by atoms with Gasteiger partial charge in [0, 0.05) is 39.1 Å². The van der Waals surface area contributed by atoms with E-state index in [9.17, 15) is 4.39 Å². The number of imidazole rings is 1. The summed E-state index contributed by atoms with van der Waals surface area (Å²) in [5, 5.41) is 3.29. The third kappa shape index (κ3) is 5.42. The largest absolute Gasteiger partial charge is 0.357 e. The standard InChI is InChI=1S/C22H26FN5/c1-3-24-22(27(2)16-19-10-7-11-20(23)14-19)26-15-21-25-12-13-28(21)17-18-8-5-4-6-9-18/h4-14H,3,15-17H2,1-2H3,(H,24,26). The van der Waals surface area contributed by atoms with Crippen LogP contribution in [0.3, 0.4) is 0 Å². The highest BCUT2D eigenvalue weighted by Gasteiger charge is 2.09. The molecular formula is C22H26FN5. The number of rotatable bonds is 7. The van der Waals surface area contributed by atoms with Crippen LogP contribution in [0.5, 0.6) is 0 Å². The molecule has 0 unspecified atom stereocenters. The number of guanidine groups is 1. The number of nitrogens with zero attached hydrogens (tertiary/aromatic N) is 4.